The first-order valence-electron chi connectivity index (χ1n) is 10.5. The van der Waals surface area contributed by atoms with Gasteiger partial charge in [-0.15, -0.1) is 0 Å². The van der Waals surface area contributed by atoms with Crippen molar-refractivity contribution in [2.45, 2.75) is 18.7 Å². The summed E-state index contributed by atoms with van der Waals surface area (Å²) in [5, 5.41) is 0. The maximum absolute atomic E-state index is 14.6. The number of ether oxygens (including phenoxy) is 4. The minimum atomic E-state index is -2.81. The van der Waals surface area contributed by atoms with E-state index in [4.69, 9.17) is 18.9 Å². The highest BCUT2D eigenvalue weighted by atomic mass is 31.2. The number of hydrogen-bond donors (Lipinski definition) is 0. The monoisotopic (exact) mass is 454 g/mol. The molecule has 0 amide bonds. The summed E-state index contributed by atoms with van der Waals surface area (Å²) in [4.78, 5) is 0. The first kappa shape index (κ1) is 23.7. The minimum Gasteiger partial charge on any atom is -0.496 e. The van der Waals surface area contributed by atoms with Gasteiger partial charge < -0.3 is 23.5 Å². The second-order valence-corrected chi connectivity index (χ2v) is 10.8. The highest BCUT2D eigenvalue weighted by molar-refractivity contribution is 7.62. The highest BCUT2D eigenvalue weighted by Gasteiger charge is 2.29. The van der Waals surface area contributed by atoms with Crippen LogP contribution in [0.15, 0.2) is 66.7 Å². The van der Waals surface area contributed by atoms with Gasteiger partial charge in [0.25, 0.3) is 0 Å². The van der Waals surface area contributed by atoms with Crippen molar-refractivity contribution < 1.29 is 23.5 Å². The Bertz CT molecular complexity index is 959. The average molecular weight is 455 g/mol. The van der Waals surface area contributed by atoms with Gasteiger partial charge in [0.05, 0.1) is 35.6 Å². The van der Waals surface area contributed by atoms with Gasteiger partial charge in [0.2, 0.25) is 0 Å². The van der Waals surface area contributed by atoms with E-state index in [9.17, 15) is 4.57 Å². The molecule has 0 saturated heterocycles. The van der Waals surface area contributed by atoms with Crippen molar-refractivity contribution in [2.24, 2.45) is 0 Å². The number of hydrogen-bond acceptors (Lipinski definition) is 5. The summed E-state index contributed by atoms with van der Waals surface area (Å²) in [5.74, 6) is 2.71. The molecule has 0 N–H and O–H groups in total. The molecule has 0 atom stereocenters. The van der Waals surface area contributed by atoms with Crippen LogP contribution >= 0.6 is 7.14 Å². The van der Waals surface area contributed by atoms with E-state index in [1.165, 1.54) is 0 Å². The van der Waals surface area contributed by atoms with Gasteiger partial charge in [0.15, 0.2) is 0 Å². The van der Waals surface area contributed by atoms with E-state index < -0.39 is 7.14 Å². The fraction of sp³-hybridized carbons (Fsp3) is 0.308. The van der Waals surface area contributed by atoms with E-state index in [1.807, 2.05) is 54.6 Å². The van der Waals surface area contributed by atoms with Crippen LogP contribution in [-0.4, -0.2) is 34.6 Å². The summed E-state index contributed by atoms with van der Waals surface area (Å²) in [6, 6.07) is 21.4. The molecule has 6 heteroatoms. The second-order valence-electron chi connectivity index (χ2n) is 7.62. The number of aryl methyl sites for hydroxylation is 1. The van der Waals surface area contributed by atoms with Crippen molar-refractivity contribution in [1.29, 1.82) is 0 Å². The SMILES string of the molecule is COc1cccc(OC)c1CP(=O)(CCc1ccccc1)Cc1c(OC)cccc1OC. The Balaban J connectivity index is 2.02. The largest absolute Gasteiger partial charge is 0.496 e. The van der Waals surface area contributed by atoms with Crippen LogP contribution < -0.4 is 18.9 Å². The highest BCUT2D eigenvalue weighted by Crippen LogP contribution is 2.57. The number of benzene rings is 3. The summed E-state index contributed by atoms with van der Waals surface area (Å²) in [5.41, 5.74) is 2.80. The first-order valence-corrected chi connectivity index (χ1v) is 12.8. The lowest BCUT2D eigenvalue weighted by Gasteiger charge is -2.23. The molecule has 32 heavy (non-hydrogen) atoms. The van der Waals surface area contributed by atoms with Gasteiger partial charge in [-0.25, -0.2) is 0 Å². The van der Waals surface area contributed by atoms with Crippen molar-refractivity contribution in [3.05, 3.63) is 83.4 Å². The van der Waals surface area contributed by atoms with Gasteiger partial charge in [-0.1, -0.05) is 42.5 Å². The first-order chi connectivity index (χ1) is 15.5. The minimum absolute atomic E-state index is 0.355. The van der Waals surface area contributed by atoms with Crippen LogP contribution in [0.25, 0.3) is 0 Å². The van der Waals surface area contributed by atoms with Gasteiger partial charge in [-0.3, -0.25) is 0 Å². The Morgan fingerprint density at radius 2 is 1.00 bits per heavy atom. The fourth-order valence-corrected chi connectivity index (χ4v) is 6.81. The molecule has 0 saturated carbocycles. The Labute approximate surface area is 190 Å². The van der Waals surface area contributed by atoms with Gasteiger partial charge in [0, 0.05) is 29.6 Å². The molecule has 0 spiro atoms. The van der Waals surface area contributed by atoms with Crippen LogP contribution in [0.1, 0.15) is 16.7 Å². The number of methoxy groups -OCH3 is 4. The quantitative estimate of drug-likeness (QED) is 0.331. The van der Waals surface area contributed by atoms with Crippen molar-refractivity contribution in [2.75, 3.05) is 34.6 Å². The lowest BCUT2D eigenvalue weighted by atomic mass is 10.2. The van der Waals surface area contributed by atoms with E-state index >= 15 is 0 Å². The molecule has 0 heterocycles. The molecule has 5 nitrogen and oxygen atoms in total. The zero-order valence-corrected chi connectivity index (χ0v) is 20.1. The molecule has 0 aliphatic heterocycles. The van der Waals surface area contributed by atoms with E-state index in [-0.39, 0.29) is 0 Å². The molecule has 0 aliphatic rings. The van der Waals surface area contributed by atoms with Crippen molar-refractivity contribution in [3.8, 4) is 23.0 Å². The Morgan fingerprint density at radius 3 is 1.38 bits per heavy atom. The molecule has 3 aromatic carbocycles. The molecule has 0 bridgehead atoms. The lowest BCUT2D eigenvalue weighted by molar-refractivity contribution is 0.386. The smallest absolute Gasteiger partial charge is 0.126 e. The van der Waals surface area contributed by atoms with Crippen LogP contribution in [0.2, 0.25) is 0 Å². The van der Waals surface area contributed by atoms with Crippen molar-refractivity contribution in [1.82, 2.24) is 0 Å². The topological polar surface area (TPSA) is 54.0 Å². The third-order valence-electron chi connectivity index (χ3n) is 5.60. The zero-order valence-electron chi connectivity index (χ0n) is 19.2. The van der Waals surface area contributed by atoms with E-state index in [1.54, 1.807) is 28.4 Å². The maximum Gasteiger partial charge on any atom is 0.126 e. The maximum atomic E-state index is 14.6. The van der Waals surface area contributed by atoms with Crippen molar-refractivity contribution >= 4 is 7.14 Å². The molecular formula is C26H31O5P. The van der Waals surface area contributed by atoms with Gasteiger partial charge >= 0.3 is 0 Å². The molecule has 3 rings (SSSR count). The van der Waals surface area contributed by atoms with E-state index in [0.717, 1.165) is 16.7 Å². The average Bonchev–Trinajstić information content (AvgIpc) is 2.83. The second kappa shape index (κ2) is 11.1. The Hall–Kier alpha value is -2.91. The van der Waals surface area contributed by atoms with Crippen molar-refractivity contribution in [3.63, 3.8) is 0 Å². The predicted octanol–water partition coefficient (Wildman–Crippen LogP) is 6.03. The van der Waals surface area contributed by atoms with E-state index in [2.05, 4.69) is 12.1 Å². The molecule has 3 aromatic rings. The van der Waals surface area contributed by atoms with Gasteiger partial charge in [0.1, 0.15) is 23.0 Å². The molecule has 0 radical (unpaired) electrons. The summed E-state index contributed by atoms with van der Waals surface area (Å²) >= 11 is 0. The van der Waals surface area contributed by atoms with Gasteiger partial charge in [-0.05, 0) is 36.2 Å². The normalized spacial score (nSPS) is 11.1. The molecular weight excluding hydrogens is 423 g/mol. The summed E-state index contributed by atoms with van der Waals surface area (Å²) in [6.07, 6.45) is 1.97. The van der Waals surface area contributed by atoms with Crippen LogP contribution in [-0.2, 0) is 23.3 Å². The third kappa shape index (κ3) is 5.66. The molecule has 0 unspecified atom stereocenters. The lowest BCUT2D eigenvalue weighted by Crippen LogP contribution is -2.06. The number of rotatable bonds is 11. The zero-order chi connectivity index (χ0) is 23.0. The molecule has 0 aromatic heterocycles. The Morgan fingerprint density at radius 1 is 0.594 bits per heavy atom. The van der Waals surface area contributed by atoms with E-state index in [0.29, 0.717) is 47.9 Å². The molecule has 0 fully saturated rings. The standard InChI is InChI=1S/C26H31O5P/c1-28-23-12-8-13-24(29-2)21(23)18-32(27,17-16-20-10-6-5-7-11-20)19-22-25(30-3)14-9-15-26(22)31-4/h5-15H,16-19H2,1-4H3. The molecule has 170 valence electrons. The van der Waals surface area contributed by atoms with Crippen LogP contribution in [0, 0.1) is 0 Å². The predicted molar refractivity (Wildman–Crippen MR) is 129 cm³/mol. The molecule has 0 aliphatic carbocycles. The summed E-state index contributed by atoms with van der Waals surface area (Å²) in [6.45, 7) is 0. The van der Waals surface area contributed by atoms with Gasteiger partial charge in [-0.2, -0.15) is 0 Å². The Kier molecular flexibility index (Phi) is 8.24. The van der Waals surface area contributed by atoms with Crippen LogP contribution in [0.5, 0.6) is 23.0 Å². The third-order valence-corrected chi connectivity index (χ3v) is 8.43. The summed E-state index contributed by atoms with van der Waals surface area (Å²) < 4.78 is 36.9. The van der Waals surface area contributed by atoms with Crippen LogP contribution in [0.4, 0.5) is 0 Å². The van der Waals surface area contributed by atoms with Crippen LogP contribution in [0.3, 0.4) is 0 Å². The summed E-state index contributed by atoms with van der Waals surface area (Å²) in [7, 11) is 3.68. The fourth-order valence-electron chi connectivity index (χ4n) is 3.94.